The lowest BCUT2D eigenvalue weighted by Crippen LogP contribution is -2.53. The molecular weight excluding hydrogens is 386 g/mol. The Morgan fingerprint density at radius 1 is 1.28 bits per heavy atom. The summed E-state index contributed by atoms with van der Waals surface area (Å²) in [5.41, 5.74) is 2.46. The molecule has 0 radical (unpaired) electrons. The van der Waals surface area contributed by atoms with Gasteiger partial charge in [-0.25, -0.2) is 0 Å². The lowest BCUT2D eigenvalue weighted by Gasteiger charge is -2.37. The molecule has 1 N–H and O–H groups in total. The molecule has 0 spiro atoms. The molecular formula is C21H32ClN7. The van der Waals surface area contributed by atoms with Crippen molar-refractivity contribution < 1.29 is 0 Å². The van der Waals surface area contributed by atoms with Gasteiger partial charge in [0.2, 0.25) is 0 Å². The molecule has 0 bridgehead atoms. The summed E-state index contributed by atoms with van der Waals surface area (Å²) in [4.78, 5) is 11.5. The number of benzene rings is 1. The average Bonchev–Trinajstić information content (AvgIpc) is 3.12. The summed E-state index contributed by atoms with van der Waals surface area (Å²) in [6.45, 7) is 5.65. The standard InChI is InChI=1S/C21H32ClN7/c1-23-21(24-14-20(26(2)3)18-13-25-27(4)16-18)29-10-8-28(9-11-29)15-17-6-5-7-19(22)12-17/h5-7,12-13,16,20H,8-11,14-15H2,1-4H3,(H,23,24). The van der Waals surface area contributed by atoms with Crippen LogP contribution in [0.5, 0.6) is 0 Å². The molecule has 1 aromatic heterocycles. The molecule has 0 amide bonds. The van der Waals surface area contributed by atoms with Crippen LogP contribution in [0.15, 0.2) is 41.7 Å². The van der Waals surface area contributed by atoms with Crippen molar-refractivity contribution in [2.45, 2.75) is 12.6 Å². The number of halogens is 1. The highest BCUT2D eigenvalue weighted by Gasteiger charge is 2.22. The SMILES string of the molecule is CN=C(NCC(c1cnn(C)c1)N(C)C)N1CCN(Cc2cccc(Cl)c2)CC1. The van der Waals surface area contributed by atoms with Gasteiger partial charge in [0.1, 0.15) is 0 Å². The maximum Gasteiger partial charge on any atom is 0.193 e. The van der Waals surface area contributed by atoms with Crippen molar-refractivity contribution in [3.8, 4) is 0 Å². The summed E-state index contributed by atoms with van der Waals surface area (Å²) in [6, 6.07) is 8.37. The Morgan fingerprint density at radius 3 is 2.62 bits per heavy atom. The van der Waals surface area contributed by atoms with Gasteiger partial charge in [-0.3, -0.25) is 14.6 Å². The number of hydrogen-bond acceptors (Lipinski definition) is 4. The molecule has 1 aromatic carbocycles. The van der Waals surface area contributed by atoms with Gasteiger partial charge in [-0.2, -0.15) is 5.10 Å². The number of hydrogen-bond donors (Lipinski definition) is 1. The van der Waals surface area contributed by atoms with Gasteiger partial charge >= 0.3 is 0 Å². The normalized spacial score (nSPS) is 17.0. The minimum atomic E-state index is 0.240. The molecule has 1 unspecified atom stereocenters. The predicted molar refractivity (Wildman–Crippen MR) is 119 cm³/mol. The zero-order valence-corrected chi connectivity index (χ0v) is 18.6. The number of guanidine groups is 1. The van der Waals surface area contributed by atoms with Crippen molar-refractivity contribution in [1.82, 2.24) is 29.8 Å². The van der Waals surface area contributed by atoms with Crippen LogP contribution in [0.2, 0.25) is 5.02 Å². The van der Waals surface area contributed by atoms with Crippen molar-refractivity contribution in [2.75, 3.05) is 53.9 Å². The molecule has 1 aliphatic heterocycles. The van der Waals surface area contributed by atoms with Gasteiger partial charge in [-0.1, -0.05) is 23.7 Å². The van der Waals surface area contributed by atoms with E-state index in [1.54, 1.807) is 0 Å². The van der Waals surface area contributed by atoms with Crippen LogP contribution >= 0.6 is 11.6 Å². The zero-order valence-electron chi connectivity index (χ0n) is 17.8. The monoisotopic (exact) mass is 417 g/mol. The maximum atomic E-state index is 6.11. The Morgan fingerprint density at radius 2 is 2.03 bits per heavy atom. The highest BCUT2D eigenvalue weighted by atomic mass is 35.5. The molecule has 1 fully saturated rings. The van der Waals surface area contributed by atoms with Crippen LogP contribution in [0, 0.1) is 0 Å². The molecule has 0 saturated carbocycles. The second-order valence-electron chi connectivity index (χ2n) is 7.75. The Labute approximate surface area is 178 Å². The number of nitrogens with zero attached hydrogens (tertiary/aromatic N) is 6. The minimum Gasteiger partial charge on any atom is -0.354 e. The van der Waals surface area contributed by atoms with Crippen LogP contribution in [0.4, 0.5) is 0 Å². The molecule has 8 heteroatoms. The second-order valence-corrected chi connectivity index (χ2v) is 8.18. The number of aromatic nitrogens is 2. The van der Waals surface area contributed by atoms with Crippen molar-refractivity contribution >= 4 is 17.6 Å². The third-order valence-electron chi connectivity index (χ3n) is 5.37. The number of rotatable bonds is 6. The van der Waals surface area contributed by atoms with Crippen LogP contribution in [0.25, 0.3) is 0 Å². The van der Waals surface area contributed by atoms with E-state index in [0.29, 0.717) is 0 Å². The first kappa shape index (κ1) is 21.6. The van der Waals surface area contributed by atoms with E-state index in [1.807, 2.05) is 43.2 Å². The lowest BCUT2D eigenvalue weighted by atomic mass is 10.1. The topological polar surface area (TPSA) is 51.9 Å². The van der Waals surface area contributed by atoms with E-state index in [9.17, 15) is 0 Å². The Hall–Kier alpha value is -2.09. The van der Waals surface area contributed by atoms with Gasteiger partial charge < -0.3 is 15.1 Å². The first-order valence-corrected chi connectivity index (χ1v) is 10.4. The van der Waals surface area contributed by atoms with Gasteiger partial charge in [0.05, 0.1) is 12.2 Å². The number of piperazine rings is 1. The maximum absolute atomic E-state index is 6.11. The largest absolute Gasteiger partial charge is 0.354 e. The van der Waals surface area contributed by atoms with Gasteiger partial charge in [0.15, 0.2) is 5.96 Å². The molecule has 7 nitrogen and oxygen atoms in total. The van der Waals surface area contributed by atoms with Crippen LogP contribution in [-0.2, 0) is 13.6 Å². The van der Waals surface area contributed by atoms with E-state index in [4.69, 9.17) is 11.6 Å². The molecule has 3 rings (SSSR count). The fraction of sp³-hybridized carbons (Fsp3) is 0.524. The van der Waals surface area contributed by atoms with Gasteiger partial charge in [-0.15, -0.1) is 0 Å². The van der Waals surface area contributed by atoms with Crippen molar-refractivity contribution in [3.05, 3.63) is 52.8 Å². The van der Waals surface area contributed by atoms with E-state index in [2.05, 4.69) is 56.5 Å². The lowest BCUT2D eigenvalue weighted by molar-refractivity contribution is 0.171. The minimum absolute atomic E-state index is 0.240. The van der Waals surface area contributed by atoms with Crippen molar-refractivity contribution in [2.24, 2.45) is 12.0 Å². The molecule has 2 heterocycles. The first-order chi connectivity index (χ1) is 14.0. The highest BCUT2D eigenvalue weighted by Crippen LogP contribution is 2.17. The van der Waals surface area contributed by atoms with E-state index in [1.165, 1.54) is 11.1 Å². The summed E-state index contributed by atoms with van der Waals surface area (Å²) < 4.78 is 1.85. The number of aliphatic imine (C=N–C) groups is 1. The summed E-state index contributed by atoms with van der Waals surface area (Å²) in [6.07, 6.45) is 4.01. The van der Waals surface area contributed by atoms with E-state index < -0.39 is 0 Å². The van der Waals surface area contributed by atoms with Crippen molar-refractivity contribution in [3.63, 3.8) is 0 Å². The van der Waals surface area contributed by atoms with E-state index >= 15 is 0 Å². The van der Waals surface area contributed by atoms with E-state index in [-0.39, 0.29) is 6.04 Å². The Balaban J connectivity index is 1.52. The van der Waals surface area contributed by atoms with Gasteiger partial charge in [-0.05, 0) is 31.8 Å². The fourth-order valence-corrected chi connectivity index (χ4v) is 3.96. The molecule has 1 atom stereocenters. The van der Waals surface area contributed by atoms with Gasteiger partial charge in [0.25, 0.3) is 0 Å². The quantitative estimate of drug-likeness (QED) is 0.576. The van der Waals surface area contributed by atoms with Crippen LogP contribution in [0.1, 0.15) is 17.2 Å². The summed E-state index contributed by atoms with van der Waals surface area (Å²) in [5.74, 6) is 0.961. The molecule has 29 heavy (non-hydrogen) atoms. The smallest absolute Gasteiger partial charge is 0.193 e. The third kappa shape index (κ3) is 5.95. The molecule has 158 valence electrons. The second kappa shape index (κ2) is 10.1. The third-order valence-corrected chi connectivity index (χ3v) is 5.60. The predicted octanol–water partition coefficient (Wildman–Crippen LogP) is 2.07. The number of aryl methyl sites for hydroxylation is 1. The molecule has 2 aromatic rings. The summed E-state index contributed by atoms with van der Waals surface area (Å²) in [7, 11) is 7.99. The zero-order chi connectivity index (χ0) is 20.8. The van der Waals surface area contributed by atoms with Crippen LogP contribution in [-0.4, -0.2) is 84.3 Å². The number of nitrogens with one attached hydrogen (secondary N) is 1. The fourth-order valence-electron chi connectivity index (χ4n) is 3.74. The van der Waals surface area contributed by atoms with Crippen LogP contribution < -0.4 is 5.32 Å². The number of likely N-dealkylation sites (N-methyl/N-ethyl adjacent to an activating group) is 1. The molecule has 1 aliphatic rings. The van der Waals surface area contributed by atoms with Gasteiger partial charge in [0, 0.05) is 70.1 Å². The van der Waals surface area contributed by atoms with Crippen molar-refractivity contribution in [1.29, 1.82) is 0 Å². The summed E-state index contributed by atoms with van der Waals surface area (Å²) in [5, 5.41) is 8.68. The Kier molecular flexibility index (Phi) is 7.52. The van der Waals surface area contributed by atoms with E-state index in [0.717, 1.165) is 50.3 Å². The van der Waals surface area contributed by atoms with Crippen LogP contribution in [0.3, 0.4) is 0 Å². The Bertz CT molecular complexity index is 809. The molecule has 0 aliphatic carbocycles. The summed E-state index contributed by atoms with van der Waals surface area (Å²) >= 11 is 6.11. The highest BCUT2D eigenvalue weighted by molar-refractivity contribution is 6.30. The molecule has 1 saturated heterocycles. The first-order valence-electron chi connectivity index (χ1n) is 10.0. The average molecular weight is 418 g/mol.